The zero-order valence-corrected chi connectivity index (χ0v) is 13.8. The number of hydrogen-bond acceptors (Lipinski definition) is 2. The van der Waals surface area contributed by atoms with Crippen LogP contribution in [0.15, 0.2) is 54.6 Å². The number of hydrogen-bond donors (Lipinski definition) is 2. The number of nitrogens with zero attached hydrogens (tertiary/aromatic N) is 1. The highest BCUT2D eigenvalue weighted by Gasteiger charge is 2.31. The lowest BCUT2D eigenvalue weighted by molar-refractivity contribution is -0.117. The van der Waals surface area contributed by atoms with Crippen LogP contribution < -0.4 is 15.5 Å². The van der Waals surface area contributed by atoms with Crippen LogP contribution in [-0.2, 0) is 11.3 Å². The molecule has 1 heterocycles. The van der Waals surface area contributed by atoms with E-state index < -0.39 is 0 Å². The van der Waals surface area contributed by atoms with Gasteiger partial charge in [0.15, 0.2) is 0 Å². The molecule has 1 atom stereocenters. The van der Waals surface area contributed by atoms with Crippen LogP contribution in [0.2, 0.25) is 5.02 Å². The molecular formula is C18H18ClN3O2. The summed E-state index contributed by atoms with van der Waals surface area (Å²) in [5.41, 5.74) is 1.70. The van der Waals surface area contributed by atoms with Gasteiger partial charge in [-0.15, -0.1) is 0 Å². The quantitative estimate of drug-likeness (QED) is 0.896. The van der Waals surface area contributed by atoms with Crippen molar-refractivity contribution in [1.82, 2.24) is 10.6 Å². The van der Waals surface area contributed by atoms with Gasteiger partial charge < -0.3 is 15.5 Å². The van der Waals surface area contributed by atoms with Crippen molar-refractivity contribution in [3.8, 4) is 0 Å². The minimum absolute atomic E-state index is 0.0117. The Balaban J connectivity index is 1.52. The first kappa shape index (κ1) is 16.3. The Labute approximate surface area is 145 Å². The third kappa shape index (κ3) is 3.86. The minimum Gasteiger partial charge on any atom is -0.334 e. The van der Waals surface area contributed by atoms with Gasteiger partial charge in [-0.25, -0.2) is 4.79 Å². The van der Waals surface area contributed by atoms with Gasteiger partial charge in [0.05, 0.1) is 6.04 Å². The fraction of sp³-hybridized carbons (Fsp3) is 0.222. The topological polar surface area (TPSA) is 61.4 Å². The summed E-state index contributed by atoms with van der Waals surface area (Å²) in [4.78, 5) is 25.9. The average Bonchev–Trinajstić information content (AvgIpc) is 2.95. The van der Waals surface area contributed by atoms with Gasteiger partial charge >= 0.3 is 6.03 Å². The molecule has 1 aliphatic heterocycles. The van der Waals surface area contributed by atoms with Gasteiger partial charge in [-0.2, -0.15) is 0 Å². The maximum absolute atomic E-state index is 12.1. The van der Waals surface area contributed by atoms with Gasteiger partial charge in [-0.1, -0.05) is 48.0 Å². The molecule has 0 aromatic heterocycles. The third-order valence-electron chi connectivity index (χ3n) is 3.93. The highest BCUT2D eigenvalue weighted by atomic mass is 35.5. The average molecular weight is 344 g/mol. The largest absolute Gasteiger partial charge is 0.334 e. The minimum atomic E-state index is -0.303. The lowest BCUT2D eigenvalue weighted by Gasteiger charge is -2.17. The zero-order valence-electron chi connectivity index (χ0n) is 13.0. The number of nitrogens with one attached hydrogen (secondary N) is 2. The summed E-state index contributed by atoms with van der Waals surface area (Å²) in [7, 11) is 0. The molecule has 3 rings (SSSR count). The number of amides is 3. The predicted octanol–water partition coefficient (Wildman–Crippen LogP) is 2.94. The molecule has 0 radical (unpaired) electrons. The van der Waals surface area contributed by atoms with Crippen LogP contribution in [0.3, 0.4) is 0 Å². The van der Waals surface area contributed by atoms with Crippen molar-refractivity contribution in [2.45, 2.75) is 19.0 Å². The number of anilines is 1. The second kappa shape index (κ2) is 7.36. The lowest BCUT2D eigenvalue weighted by atomic mass is 10.2. The van der Waals surface area contributed by atoms with Crippen LogP contribution >= 0.6 is 11.6 Å². The number of carbonyl (C=O) groups excluding carboxylic acids is 2. The molecule has 0 unspecified atom stereocenters. The Morgan fingerprint density at radius 2 is 1.83 bits per heavy atom. The highest BCUT2D eigenvalue weighted by Crippen LogP contribution is 2.21. The van der Waals surface area contributed by atoms with Gasteiger partial charge in [0.1, 0.15) is 0 Å². The molecule has 3 amide bonds. The van der Waals surface area contributed by atoms with Gasteiger partial charge in [-0.05, 0) is 23.8 Å². The van der Waals surface area contributed by atoms with Crippen LogP contribution in [0.1, 0.15) is 12.0 Å². The van der Waals surface area contributed by atoms with E-state index in [0.717, 1.165) is 11.3 Å². The second-order valence-electron chi connectivity index (χ2n) is 5.66. The van der Waals surface area contributed by atoms with Crippen molar-refractivity contribution in [2.75, 3.05) is 11.4 Å². The van der Waals surface area contributed by atoms with E-state index >= 15 is 0 Å². The van der Waals surface area contributed by atoms with Gasteiger partial charge in [0.25, 0.3) is 0 Å². The molecule has 1 aliphatic rings. The third-order valence-corrected chi connectivity index (χ3v) is 4.29. The molecule has 2 aromatic rings. The van der Waals surface area contributed by atoms with Crippen molar-refractivity contribution in [3.05, 3.63) is 65.2 Å². The summed E-state index contributed by atoms with van der Waals surface area (Å²) in [6.07, 6.45) is 0.300. The Bertz CT molecular complexity index is 736. The molecule has 124 valence electrons. The van der Waals surface area contributed by atoms with E-state index in [9.17, 15) is 9.59 Å². The van der Waals surface area contributed by atoms with Crippen LogP contribution in [0.4, 0.5) is 10.5 Å². The molecule has 6 heteroatoms. The second-order valence-corrected chi connectivity index (χ2v) is 6.07. The summed E-state index contributed by atoms with van der Waals surface area (Å²) in [5, 5.41) is 6.23. The van der Waals surface area contributed by atoms with Crippen LogP contribution in [0.25, 0.3) is 0 Å². The number of urea groups is 1. The molecule has 24 heavy (non-hydrogen) atoms. The zero-order chi connectivity index (χ0) is 16.9. The summed E-state index contributed by atoms with van der Waals surface area (Å²) in [5.74, 6) is 0.0117. The SMILES string of the molecule is O=C(NCc1ccccc1Cl)N[C@@H]1CC(=O)N(c2ccccc2)C1. The fourth-order valence-corrected chi connectivity index (χ4v) is 2.92. The number of rotatable bonds is 4. The Hall–Kier alpha value is -2.53. The highest BCUT2D eigenvalue weighted by molar-refractivity contribution is 6.31. The summed E-state index contributed by atoms with van der Waals surface area (Å²) >= 11 is 6.06. The van der Waals surface area contributed by atoms with E-state index in [1.54, 1.807) is 11.0 Å². The molecule has 5 nitrogen and oxygen atoms in total. The summed E-state index contributed by atoms with van der Waals surface area (Å²) in [6, 6.07) is 16.3. The summed E-state index contributed by atoms with van der Waals surface area (Å²) < 4.78 is 0. The Morgan fingerprint density at radius 1 is 1.12 bits per heavy atom. The maximum atomic E-state index is 12.1. The molecule has 0 saturated carbocycles. The van der Waals surface area contributed by atoms with Crippen molar-refractivity contribution in [2.24, 2.45) is 0 Å². The normalized spacial score (nSPS) is 17.0. The van der Waals surface area contributed by atoms with Crippen molar-refractivity contribution >= 4 is 29.2 Å². The molecule has 1 saturated heterocycles. The first-order valence-electron chi connectivity index (χ1n) is 7.76. The first-order valence-corrected chi connectivity index (χ1v) is 8.14. The van der Waals surface area contributed by atoms with Crippen LogP contribution in [0.5, 0.6) is 0 Å². The van der Waals surface area contributed by atoms with Gasteiger partial charge in [0, 0.05) is 30.2 Å². The van der Waals surface area contributed by atoms with Gasteiger partial charge in [-0.3, -0.25) is 4.79 Å². The fourth-order valence-electron chi connectivity index (χ4n) is 2.72. The van der Waals surface area contributed by atoms with Crippen molar-refractivity contribution < 1.29 is 9.59 Å². The number of benzene rings is 2. The molecule has 0 bridgehead atoms. The van der Waals surface area contributed by atoms with E-state index in [2.05, 4.69) is 10.6 Å². The Kier molecular flexibility index (Phi) is 5.01. The monoisotopic (exact) mass is 343 g/mol. The van der Waals surface area contributed by atoms with Crippen molar-refractivity contribution in [1.29, 1.82) is 0 Å². The molecule has 0 aliphatic carbocycles. The predicted molar refractivity (Wildman–Crippen MR) is 94.0 cm³/mol. The first-order chi connectivity index (χ1) is 11.6. The van der Waals surface area contributed by atoms with Crippen LogP contribution in [0, 0.1) is 0 Å². The van der Waals surface area contributed by atoms with E-state index in [1.165, 1.54) is 0 Å². The smallest absolute Gasteiger partial charge is 0.315 e. The molecule has 1 fully saturated rings. The summed E-state index contributed by atoms with van der Waals surface area (Å²) in [6.45, 7) is 0.816. The molecular weight excluding hydrogens is 326 g/mol. The van der Waals surface area contributed by atoms with Gasteiger partial charge in [0.2, 0.25) is 5.91 Å². The van der Waals surface area contributed by atoms with E-state index in [0.29, 0.717) is 24.5 Å². The van der Waals surface area contributed by atoms with E-state index in [-0.39, 0.29) is 18.0 Å². The molecule has 0 spiro atoms. The Morgan fingerprint density at radius 3 is 2.58 bits per heavy atom. The van der Waals surface area contributed by atoms with E-state index in [4.69, 9.17) is 11.6 Å². The van der Waals surface area contributed by atoms with E-state index in [1.807, 2.05) is 48.5 Å². The van der Waals surface area contributed by atoms with Crippen LogP contribution in [-0.4, -0.2) is 24.5 Å². The number of carbonyl (C=O) groups is 2. The molecule has 2 N–H and O–H groups in total. The lowest BCUT2D eigenvalue weighted by Crippen LogP contribution is -2.43. The maximum Gasteiger partial charge on any atom is 0.315 e. The van der Waals surface area contributed by atoms with Crippen molar-refractivity contribution in [3.63, 3.8) is 0 Å². The molecule has 2 aromatic carbocycles. The number of para-hydroxylation sites is 1. The number of halogens is 1. The standard InChI is InChI=1S/C18H18ClN3O2/c19-16-9-5-4-6-13(16)11-20-18(24)21-14-10-17(23)22(12-14)15-7-2-1-3-8-15/h1-9,14H,10-12H2,(H2,20,21,24)/t14-/m1/s1.